The van der Waals surface area contributed by atoms with E-state index in [1.54, 1.807) is 19.1 Å². The second-order valence-corrected chi connectivity index (χ2v) is 9.97. The molecular weight excluding hydrogens is 499 g/mol. The highest BCUT2D eigenvalue weighted by Gasteiger charge is 2.31. The number of benzene rings is 3. The predicted molar refractivity (Wildman–Crippen MR) is 127 cm³/mol. The maximum Gasteiger partial charge on any atom is 0.416 e. The number of amides is 1. The Morgan fingerprint density at radius 2 is 1.56 bits per heavy atom. The van der Waals surface area contributed by atoms with Crippen LogP contribution in [-0.2, 0) is 21.0 Å². The molecule has 1 N–H and O–H groups in total. The van der Waals surface area contributed by atoms with E-state index in [9.17, 15) is 36.5 Å². The Kier molecular flexibility index (Phi) is 7.68. The highest BCUT2D eigenvalue weighted by Crippen LogP contribution is 2.31. The van der Waals surface area contributed by atoms with Gasteiger partial charge in [-0.05, 0) is 48.9 Å². The Hall–Kier alpha value is -3.93. The second-order valence-electron chi connectivity index (χ2n) is 8.00. The van der Waals surface area contributed by atoms with Gasteiger partial charge in [0.05, 0.1) is 27.8 Å². The molecule has 0 fully saturated rings. The van der Waals surface area contributed by atoms with Gasteiger partial charge in [0, 0.05) is 24.9 Å². The zero-order valence-electron chi connectivity index (χ0n) is 19.2. The number of aryl methyl sites for hydroxylation is 1. The van der Waals surface area contributed by atoms with E-state index in [-0.39, 0.29) is 16.3 Å². The summed E-state index contributed by atoms with van der Waals surface area (Å²) in [5, 5.41) is 13.9. The first-order valence-corrected chi connectivity index (χ1v) is 12.0. The van der Waals surface area contributed by atoms with Crippen LogP contribution >= 0.6 is 0 Å². The summed E-state index contributed by atoms with van der Waals surface area (Å²) in [6.45, 7) is 1.78. The fourth-order valence-electron chi connectivity index (χ4n) is 3.34. The molecule has 0 aliphatic carbocycles. The number of hydrogen-bond acceptors (Lipinski definition) is 6. The van der Waals surface area contributed by atoms with Gasteiger partial charge >= 0.3 is 6.18 Å². The maximum atomic E-state index is 13.0. The Labute approximate surface area is 205 Å². The van der Waals surface area contributed by atoms with Crippen LogP contribution in [0.2, 0.25) is 0 Å². The molecule has 3 aromatic rings. The number of alkyl halides is 3. The summed E-state index contributed by atoms with van der Waals surface area (Å²) in [5.74, 6) is -0.793. The third kappa shape index (κ3) is 6.19. The van der Waals surface area contributed by atoms with E-state index in [1.807, 2.05) is 0 Å². The molecule has 0 aromatic heterocycles. The maximum absolute atomic E-state index is 13.0. The minimum absolute atomic E-state index is 0.0773. The monoisotopic (exact) mass is 521 g/mol. The van der Waals surface area contributed by atoms with Gasteiger partial charge in [0.15, 0.2) is 0 Å². The number of nitro groups is 1. The lowest BCUT2D eigenvalue weighted by Gasteiger charge is -2.24. The van der Waals surface area contributed by atoms with Gasteiger partial charge in [0.2, 0.25) is 5.91 Å². The highest BCUT2D eigenvalue weighted by atomic mass is 32.2. The number of carbonyl (C=O) groups is 1. The molecule has 3 rings (SSSR count). The summed E-state index contributed by atoms with van der Waals surface area (Å²) >= 11 is 0. The van der Waals surface area contributed by atoms with Crippen molar-refractivity contribution in [3.05, 3.63) is 99.6 Å². The molecule has 1 amide bonds. The summed E-state index contributed by atoms with van der Waals surface area (Å²) in [5.41, 5.74) is 0.414. The first kappa shape index (κ1) is 26.7. The highest BCUT2D eigenvalue weighted by molar-refractivity contribution is 7.89. The van der Waals surface area contributed by atoms with Crippen LogP contribution in [0.1, 0.15) is 29.2 Å². The van der Waals surface area contributed by atoms with E-state index in [4.69, 9.17) is 0 Å². The van der Waals surface area contributed by atoms with Crippen molar-refractivity contribution < 1.29 is 31.3 Å². The number of sulfonamides is 1. The zero-order valence-corrected chi connectivity index (χ0v) is 20.0. The van der Waals surface area contributed by atoms with Gasteiger partial charge in [-0.3, -0.25) is 14.9 Å². The van der Waals surface area contributed by atoms with Crippen molar-refractivity contribution in [3.8, 4) is 0 Å². The smallest absolute Gasteiger partial charge is 0.378 e. The summed E-state index contributed by atoms with van der Waals surface area (Å²) in [4.78, 5) is 23.3. The average Bonchev–Trinajstić information content (AvgIpc) is 2.83. The number of nitrogens with zero attached hydrogens (tertiary/aromatic N) is 2. The van der Waals surface area contributed by atoms with Crippen LogP contribution in [0.25, 0.3) is 0 Å². The molecule has 0 saturated heterocycles. The van der Waals surface area contributed by atoms with Gasteiger partial charge in [0.25, 0.3) is 15.7 Å². The Bertz CT molecular complexity index is 1340. The molecule has 12 heteroatoms. The average molecular weight is 522 g/mol. The molecule has 0 bridgehead atoms. The number of hydrogen-bond donors (Lipinski definition) is 1. The molecule has 36 heavy (non-hydrogen) atoms. The second kappa shape index (κ2) is 10.4. The Morgan fingerprint density at radius 3 is 2.06 bits per heavy atom. The Balaban J connectivity index is 1.89. The third-order valence-electron chi connectivity index (χ3n) is 5.47. The number of rotatable bonds is 8. The third-order valence-corrected chi connectivity index (χ3v) is 7.26. The summed E-state index contributed by atoms with van der Waals surface area (Å²) in [6, 6.07) is 14.4. The van der Waals surface area contributed by atoms with Gasteiger partial charge in [-0.2, -0.15) is 13.2 Å². The number of anilines is 1. The van der Waals surface area contributed by atoms with Crippen molar-refractivity contribution in [2.45, 2.75) is 30.5 Å². The van der Waals surface area contributed by atoms with Gasteiger partial charge in [-0.15, -0.1) is 0 Å². The van der Waals surface area contributed by atoms with Gasteiger partial charge in [-0.25, -0.2) is 12.7 Å². The molecule has 1 atom stereocenters. The molecule has 0 radical (unpaired) electrons. The van der Waals surface area contributed by atoms with Gasteiger partial charge in [-0.1, -0.05) is 29.8 Å². The van der Waals surface area contributed by atoms with Gasteiger partial charge < -0.3 is 5.32 Å². The predicted octanol–water partition coefficient (Wildman–Crippen LogP) is 5.31. The number of non-ortho nitro benzene ring substituents is 1. The SMILES string of the molecule is Cc1ccc(S(=O)(=O)N(C)C(=O)C[C@H](Nc2ccc(C(F)(F)F)cc2)c2ccc([N+](=O)[O-])cc2)cc1. The first-order chi connectivity index (χ1) is 16.8. The van der Waals surface area contributed by atoms with Crippen LogP contribution in [0, 0.1) is 17.0 Å². The molecule has 3 aromatic carbocycles. The minimum Gasteiger partial charge on any atom is -0.378 e. The lowest BCUT2D eigenvalue weighted by molar-refractivity contribution is -0.384. The van der Waals surface area contributed by atoms with Crippen LogP contribution in [0.5, 0.6) is 0 Å². The molecule has 0 aliphatic heterocycles. The summed E-state index contributed by atoms with van der Waals surface area (Å²) in [7, 11) is -3.04. The van der Waals surface area contributed by atoms with Crippen molar-refractivity contribution >= 4 is 27.3 Å². The Morgan fingerprint density at radius 1 is 1.00 bits per heavy atom. The van der Waals surface area contributed by atoms with E-state index < -0.39 is 45.1 Å². The van der Waals surface area contributed by atoms with Crippen molar-refractivity contribution in [2.24, 2.45) is 0 Å². The van der Waals surface area contributed by atoms with Crippen LogP contribution in [0.3, 0.4) is 0 Å². The molecule has 0 unspecified atom stereocenters. The molecule has 8 nitrogen and oxygen atoms in total. The van der Waals surface area contributed by atoms with Crippen LogP contribution in [0.4, 0.5) is 24.5 Å². The van der Waals surface area contributed by atoms with E-state index in [2.05, 4.69) is 5.32 Å². The molecule has 0 saturated carbocycles. The standard InChI is InChI=1S/C24H22F3N3O5S/c1-16-3-13-21(14-4-16)36(34,35)29(2)23(31)15-22(17-5-11-20(12-6-17)30(32)33)28-19-9-7-18(8-10-19)24(25,26)27/h3-14,22,28H,15H2,1-2H3/t22-/m0/s1. The molecular formula is C24H22F3N3O5S. The topological polar surface area (TPSA) is 110 Å². The molecule has 0 aliphatic rings. The van der Waals surface area contributed by atoms with E-state index in [1.165, 1.54) is 48.5 Å². The van der Waals surface area contributed by atoms with Gasteiger partial charge in [0.1, 0.15) is 0 Å². The van der Waals surface area contributed by atoms with Crippen molar-refractivity contribution in [2.75, 3.05) is 12.4 Å². The fraction of sp³-hybridized carbons (Fsp3) is 0.208. The van der Waals surface area contributed by atoms with E-state index in [0.717, 1.165) is 24.7 Å². The number of nitrogens with one attached hydrogen (secondary N) is 1. The van der Waals surface area contributed by atoms with Crippen molar-refractivity contribution in [1.29, 1.82) is 0 Å². The zero-order chi connectivity index (χ0) is 26.7. The fourth-order valence-corrected chi connectivity index (χ4v) is 4.48. The van der Waals surface area contributed by atoms with E-state index in [0.29, 0.717) is 9.87 Å². The van der Waals surface area contributed by atoms with Crippen molar-refractivity contribution in [1.82, 2.24) is 4.31 Å². The quantitative estimate of drug-likeness (QED) is 0.318. The normalized spacial score (nSPS) is 12.6. The molecule has 190 valence electrons. The van der Waals surface area contributed by atoms with Crippen LogP contribution in [-0.4, -0.2) is 30.6 Å². The van der Waals surface area contributed by atoms with Crippen LogP contribution in [0.15, 0.2) is 77.7 Å². The van der Waals surface area contributed by atoms with Crippen molar-refractivity contribution in [3.63, 3.8) is 0 Å². The number of nitro benzene ring substituents is 1. The summed E-state index contributed by atoms with van der Waals surface area (Å²) in [6.07, 6.45) is -4.93. The lowest BCUT2D eigenvalue weighted by atomic mass is 10.0. The molecule has 0 heterocycles. The minimum atomic E-state index is -4.53. The summed E-state index contributed by atoms with van der Waals surface area (Å²) < 4.78 is 65.1. The first-order valence-electron chi connectivity index (χ1n) is 10.6. The largest absolute Gasteiger partial charge is 0.416 e. The van der Waals surface area contributed by atoms with Crippen LogP contribution < -0.4 is 5.32 Å². The lowest BCUT2D eigenvalue weighted by Crippen LogP contribution is -2.35. The van der Waals surface area contributed by atoms with E-state index >= 15 is 0 Å². The number of halogens is 3. The number of carbonyl (C=O) groups excluding carboxylic acids is 1. The molecule has 0 spiro atoms.